The van der Waals surface area contributed by atoms with Crippen LogP contribution in [0.4, 0.5) is 0 Å². The molecule has 1 aliphatic heterocycles. The molecule has 1 aromatic heterocycles. The van der Waals surface area contributed by atoms with Gasteiger partial charge in [-0.1, -0.05) is 6.92 Å². The molecule has 0 aromatic carbocycles. The van der Waals surface area contributed by atoms with Crippen molar-refractivity contribution in [3.63, 3.8) is 0 Å². The van der Waals surface area contributed by atoms with Crippen LogP contribution in [0.15, 0.2) is 10.5 Å². The van der Waals surface area contributed by atoms with E-state index in [0.717, 1.165) is 24.0 Å². The molecule has 0 amide bonds. The fourth-order valence-electron chi connectivity index (χ4n) is 2.75. The summed E-state index contributed by atoms with van der Waals surface area (Å²) in [5.41, 5.74) is 6.90. The highest BCUT2D eigenvalue weighted by Crippen LogP contribution is 2.25. The Morgan fingerprint density at radius 1 is 1.47 bits per heavy atom. The molecule has 0 aliphatic carbocycles. The maximum absolute atomic E-state index is 5.61. The van der Waals surface area contributed by atoms with Gasteiger partial charge in [-0.3, -0.25) is 4.90 Å². The molecular formula is C14H24N2O. The molecule has 2 N–H and O–H groups in total. The molecule has 3 heteroatoms. The predicted molar refractivity (Wildman–Crippen MR) is 69.6 cm³/mol. The quantitative estimate of drug-likeness (QED) is 0.877. The lowest BCUT2D eigenvalue weighted by molar-refractivity contribution is 0.121. The summed E-state index contributed by atoms with van der Waals surface area (Å²) in [5, 5.41) is 0. The van der Waals surface area contributed by atoms with Crippen LogP contribution in [0.25, 0.3) is 0 Å². The largest absolute Gasteiger partial charge is 0.465 e. The first-order valence-electron chi connectivity index (χ1n) is 6.62. The van der Waals surface area contributed by atoms with Gasteiger partial charge >= 0.3 is 0 Å². The van der Waals surface area contributed by atoms with E-state index in [1.54, 1.807) is 0 Å². The average Bonchev–Trinajstić information content (AvgIpc) is 2.64. The lowest BCUT2D eigenvalue weighted by Crippen LogP contribution is -2.39. The van der Waals surface area contributed by atoms with Gasteiger partial charge in [-0.25, -0.2) is 0 Å². The van der Waals surface area contributed by atoms with Crippen molar-refractivity contribution in [3.05, 3.63) is 23.2 Å². The third-order valence-electron chi connectivity index (χ3n) is 3.92. The van der Waals surface area contributed by atoms with Crippen LogP contribution in [0.2, 0.25) is 0 Å². The number of furan rings is 1. The first-order valence-corrected chi connectivity index (χ1v) is 6.62. The zero-order chi connectivity index (χ0) is 12.4. The van der Waals surface area contributed by atoms with Crippen LogP contribution < -0.4 is 5.73 Å². The minimum Gasteiger partial charge on any atom is -0.465 e. The normalized spacial score (nSPS) is 26.4. The molecule has 0 spiro atoms. The third kappa shape index (κ3) is 2.90. The van der Waals surface area contributed by atoms with Crippen molar-refractivity contribution < 1.29 is 4.42 Å². The molecule has 17 heavy (non-hydrogen) atoms. The summed E-state index contributed by atoms with van der Waals surface area (Å²) in [5.74, 6) is 2.79. The van der Waals surface area contributed by atoms with Crippen LogP contribution in [-0.2, 0) is 13.1 Å². The fourth-order valence-corrected chi connectivity index (χ4v) is 2.75. The molecular weight excluding hydrogens is 212 g/mol. The van der Waals surface area contributed by atoms with Gasteiger partial charge in [0.25, 0.3) is 0 Å². The Morgan fingerprint density at radius 3 is 2.82 bits per heavy atom. The Labute approximate surface area is 104 Å². The van der Waals surface area contributed by atoms with Gasteiger partial charge in [0.1, 0.15) is 11.5 Å². The van der Waals surface area contributed by atoms with Crippen LogP contribution in [0.3, 0.4) is 0 Å². The average molecular weight is 236 g/mol. The maximum atomic E-state index is 5.61. The van der Waals surface area contributed by atoms with Gasteiger partial charge in [0.2, 0.25) is 0 Å². The van der Waals surface area contributed by atoms with E-state index in [1.807, 2.05) is 6.92 Å². The van der Waals surface area contributed by atoms with Crippen molar-refractivity contribution in [1.29, 1.82) is 0 Å². The van der Waals surface area contributed by atoms with Gasteiger partial charge < -0.3 is 10.2 Å². The Balaban J connectivity index is 2.02. The van der Waals surface area contributed by atoms with Crippen molar-refractivity contribution >= 4 is 0 Å². The second-order valence-corrected chi connectivity index (χ2v) is 5.45. The summed E-state index contributed by atoms with van der Waals surface area (Å²) in [4.78, 5) is 2.55. The van der Waals surface area contributed by atoms with Crippen LogP contribution in [0, 0.1) is 12.8 Å². The van der Waals surface area contributed by atoms with Gasteiger partial charge in [0, 0.05) is 18.2 Å². The summed E-state index contributed by atoms with van der Waals surface area (Å²) in [7, 11) is 0. The molecule has 1 saturated heterocycles. The summed E-state index contributed by atoms with van der Waals surface area (Å²) >= 11 is 0. The standard InChI is InChI=1S/C14H24N2O/c1-10-4-5-16(11(2)6-10)9-13-7-14(8-15)17-12(13)3/h7,10-11H,4-6,8-9,15H2,1-3H3. The highest BCUT2D eigenvalue weighted by molar-refractivity contribution is 5.20. The van der Waals surface area contributed by atoms with Crippen LogP contribution in [0.1, 0.15) is 43.8 Å². The smallest absolute Gasteiger partial charge is 0.118 e. The molecule has 3 nitrogen and oxygen atoms in total. The fraction of sp³-hybridized carbons (Fsp3) is 0.714. The molecule has 1 aromatic rings. The van der Waals surface area contributed by atoms with E-state index in [2.05, 4.69) is 24.8 Å². The van der Waals surface area contributed by atoms with Crippen molar-refractivity contribution in [2.75, 3.05) is 6.54 Å². The number of nitrogens with zero attached hydrogens (tertiary/aromatic N) is 1. The number of aryl methyl sites for hydroxylation is 1. The van der Waals surface area contributed by atoms with Gasteiger partial charge in [0.15, 0.2) is 0 Å². The zero-order valence-electron chi connectivity index (χ0n) is 11.2. The number of rotatable bonds is 3. The number of piperidine rings is 1. The number of hydrogen-bond donors (Lipinski definition) is 1. The van der Waals surface area contributed by atoms with Crippen molar-refractivity contribution in [1.82, 2.24) is 4.90 Å². The first-order chi connectivity index (χ1) is 8.10. The molecule has 2 unspecified atom stereocenters. The highest BCUT2D eigenvalue weighted by Gasteiger charge is 2.23. The van der Waals surface area contributed by atoms with Crippen LogP contribution >= 0.6 is 0 Å². The molecule has 0 bridgehead atoms. The predicted octanol–water partition coefficient (Wildman–Crippen LogP) is 2.67. The van der Waals surface area contributed by atoms with Crippen molar-refractivity contribution in [3.8, 4) is 0 Å². The lowest BCUT2D eigenvalue weighted by Gasteiger charge is -2.36. The Hall–Kier alpha value is -0.800. The minimum absolute atomic E-state index is 0.493. The second-order valence-electron chi connectivity index (χ2n) is 5.45. The van der Waals surface area contributed by atoms with E-state index < -0.39 is 0 Å². The lowest BCUT2D eigenvalue weighted by atomic mass is 9.93. The number of likely N-dealkylation sites (tertiary alicyclic amines) is 1. The van der Waals surface area contributed by atoms with E-state index in [4.69, 9.17) is 10.2 Å². The Bertz CT molecular complexity index is 372. The van der Waals surface area contributed by atoms with Crippen LogP contribution in [0.5, 0.6) is 0 Å². The van der Waals surface area contributed by atoms with E-state index in [-0.39, 0.29) is 0 Å². The number of hydrogen-bond acceptors (Lipinski definition) is 3. The van der Waals surface area contributed by atoms with Gasteiger partial charge in [0.05, 0.1) is 6.54 Å². The van der Waals surface area contributed by atoms with Crippen molar-refractivity contribution in [2.45, 2.75) is 52.7 Å². The van der Waals surface area contributed by atoms with E-state index in [9.17, 15) is 0 Å². The molecule has 1 fully saturated rings. The summed E-state index contributed by atoms with van der Waals surface area (Å²) in [6.45, 7) is 9.41. The maximum Gasteiger partial charge on any atom is 0.118 e. The second kappa shape index (κ2) is 5.23. The zero-order valence-corrected chi connectivity index (χ0v) is 11.2. The van der Waals surface area contributed by atoms with Gasteiger partial charge in [-0.05, 0) is 45.2 Å². The molecule has 0 saturated carbocycles. The minimum atomic E-state index is 0.493. The first kappa shape index (κ1) is 12.7. The SMILES string of the molecule is Cc1oc(CN)cc1CN1CCC(C)CC1C. The summed E-state index contributed by atoms with van der Waals surface area (Å²) in [6.07, 6.45) is 2.62. The van der Waals surface area contributed by atoms with Crippen molar-refractivity contribution in [2.24, 2.45) is 11.7 Å². The monoisotopic (exact) mass is 236 g/mol. The van der Waals surface area contributed by atoms with Gasteiger partial charge in [-0.2, -0.15) is 0 Å². The molecule has 96 valence electrons. The molecule has 2 atom stereocenters. The van der Waals surface area contributed by atoms with E-state index in [0.29, 0.717) is 12.6 Å². The summed E-state index contributed by atoms with van der Waals surface area (Å²) < 4.78 is 5.61. The highest BCUT2D eigenvalue weighted by atomic mass is 16.3. The van der Waals surface area contributed by atoms with E-state index >= 15 is 0 Å². The van der Waals surface area contributed by atoms with Gasteiger partial charge in [-0.15, -0.1) is 0 Å². The third-order valence-corrected chi connectivity index (χ3v) is 3.92. The summed E-state index contributed by atoms with van der Waals surface area (Å²) in [6, 6.07) is 2.79. The molecule has 2 heterocycles. The Kier molecular flexibility index (Phi) is 3.89. The number of nitrogens with two attached hydrogens (primary N) is 1. The Morgan fingerprint density at radius 2 is 2.24 bits per heavy atom. The van der Waals surface area contributed by atoms with Crippen LogP contribution in [-0.4, -0.2) is 17.5 Å². The molecule has 0 radical (unpaired) electrons. The molecule has 2 rings (SSSR count). The topological polar surface area (TPSA) is 42.4 Å². The van der Waals surface area contributed by atoms with E-state index in [1.165, 1.54) is 24.9 Å². The molecule has 1 aliphatic rings.